The molecule has 0 aromatic heterocycles. The topological polar surface area (TPSA) is 26.3 Å². The number of hydrogen-bond donors (Lipinski definition) is 0. The van der Waals surface area contributed by atoms with E-state index < -0.39 is 3.79 Å². The predicted octanol–water partition coefficient (Wildman–Crippen LogP) is 2.31. The molecule has 0 fully saturated rings. The highest BCUT2D eigenvalue weighted by Gasteiger charge is 2.18. The fourth-order valence-corrected chi connectivity index (χ4v) is 0.805. The Kier molecular flexibility index (Phi) is 5.22. The van der Waals surface area contributed by atoms with Crippen LogP contribution in [0.3, 0.4) is 0 Å². The van der Waals surface area contributed by atoms with Gasteiger partial charge >= 0.3 is 0 Å². The zero-order chi connectivity index (χ0) is 8.04. The Hall–Kier alpha value is 0.340. The SMILES string of the molecule is O=COCCCC(Cl)(Cl)Cl. The highest BCUT2D eigenvalue weighted by atomic mass is 35.6. The van der Waals surface area contributed by atoms with Crippen LogP contribution in [0.1, 0.15) is 12.8 Å². The van der Waals surface area contributed by atoms with Gasteiger partial charge in [-0.1, -0.05) is 34.8 Å². The molecule has 0 N–H and O–H groups in total. The van der Waals surface area contributed by atoms with E-state index in [2.05, 4.69) is 4.74 Å². The van der Waals surface area contributed by atoms with Crippen LogP contribution in [-0.4, -0.2) is 16.9 Å². The van der Waals surface area contributed by atoms with Crippen molar-refractivity contribution in [3.63, 3.8) is 0 Å². The molecule has 10 heavy (non-hydrogen) atoms. The van der Waals surface area contributed by atoms with E-state index >= 15 is 0 Å². The Balaban J connectivity index is 3.12. The number of carbonyl (C=O) groups excluding carboxylic acids is 1. The first kappa shape index (κ1) is 10.3. The van der Waals surface area contributed by atoms with Crippen molar-refractivity contribution in [3.8, 4) is 0 Å². The van der Waals surface area contributed by atoms with Crippen LogP contribution < -0.4 is 0 Å². The average molecular weight is 205 g/mol. The molecule has 5 heteroatoms. The van der Waals surface area contributed by atoms with E-state index in [9.17, 15) is 4.79 Å². The van der Waals surface area contributed by atoms with Gasteiger partial charge in [-0.25, -0.2) is 0 Å². The normalized spacial score (nSPS) is 11.1. The zero-order valence-electron chi connectivity index (χ0n) is 5.15. The van der Waals surface area contributed by atoms with Crippen LogP contribution in [0, 0.1) is 0 Å². The summed E-state index contributed by atoms with van der Waals surface area (Å²) in [6.07, 6.45) is 0.959. The molecular formula is C5H7Cl3O2. The standard InChI is InChI=1S/C5H7Cl3O2/c6-5(7,8)2-1-3-10-4-9/h4H,1-3H2. The van der Waals surface area contributed by atoms with E-state index in [1.165, 1.54) is 0 Å². The van der Waals surface area contributed by atoms with Crippen molar-refractivity contribution in [2.75, 3.05) is 6.61 Å². The second kappa shape index (κ2) is 5.05. The molecule has 0 aliphatic heterocycles. The molecule has 0 aliphatic rings. The van der Waals surface area contributed by atoms with Crippen molar-refractivity contribution in [2.24, 2.45) is 0 Å². The van der Waals surface area contributed by atoms with Gasteiger partial charge in [0.15, 0.2) is 3.79 Å². The molecule has 0 radical (unpaired) electrons. The fourth-order valence-electron chi connectivity index (χ4n) is 0.404. The van der Waals surface area contributed by atoms with Crippen molar-refractivity contribution >= 4 is 41.3 Å². The van der Waals surface area contributed by atoms with Crippen molar-refractivity contribution in [3.05, 3.63) is 0 Å². The van der Waals surface area contributed by atoms with Gasteiger partial charge in [0.25, 0.3) is 6.47 Å². The first-order valence-corrected chi connectivity index (χ1v) is 3.81. The fraction of sp³-hybridized carbons (Fsp3) is 0.800. The lowest BCUT2D eigenvalue weighted by Gasteiger charge is -2.08. The van der Waals surface area contributed by atoms with Gasteiger partial charge in [-0.05, 0) is 12.8 Å². The summed E-state index contributed by atoms with van der Waals surface area (Å²) in [7, 11) is 0. The smallest absolute Gasteiger partial charge is 0.293 e. The quantitative estimate of drug-likeness (QED) is 0.400. The molecule has 2 nitrogen and oxygen atoms in total. The number of ether oxygens (including phenoxy) is 1. The first-order valence-electron chi connectivity index (χ1n) is 2.68. The summed E-state index contributed by atoms with van der Waals surface area (Å²) in [6, 6.07) is 0. The third kappa shape index (κ3) is 8.34. The van der Waals surface area contributed by atoms with Crippen LogP contribution in [0.25, 0.3) is 0 Å². The molecule has 60 valence electrons. The Labute approximate surface area is 74.4 Å². The van der Waals surface area contributed by atoms with Crippen molar-refractivity contribution < 1.29 is 9.53 Å². The van der Waals surface area contributed by atoms with Crippen LogP contribution in [0.2, 0.25) is 0 Å². The maximum absolute atomic E-state index is 9.61. The molecule has 0 unspecified atom stereocenters. The molecule has 0 rings (SSSR count). The van der Waals surface area contributed by atoms with Gasteiger partial charge in [0, 0.05) is 0 Å². The Morgan fingerprint density at radius 3 is 2.40 bits per heavy atom. The maximum Gasteiger partial charge on any atom is 0.293 e. The van der Waals surface area contributed by atoms with E-state index in [1.54, 1.807) is 0 Å². The number of alkyl halides is 3. The van der Waals surface area contributed by atoms with Crippen molar-refractivity contribution in [2.45, 2.75) is 16.6 Å². The zero-order valence-corrected chi connectivity index (χ0v) is 7.42. The maximum atomic E-state index is 9.61. The number of carbonyl (C=O) groups is 1. The molecule has 0 aliphatic carbocycles. The van der Waals surface area contributed by atoms with Crippen molar-refractivity contribution in [1.29, 1.82) is 0 Å². The molecule has 0 atom stereocenters. The highest BCUT2D eigenvalue weighted by Crippen LogP contribution is 2.30. The molecule has 0 aromatic rings. The Bertz CT molecular complexity index is 99.6. The summed E-state index contributed by atoms with van der Waals surface area (Å²) in [5.74, 6) is 0. The first-order chi connectivity index (χ1) is 4.56. The Morgan fingerprint density at radius 1 is 1.40 bits per heavy atom. The predicted molar refractivity (Wildman–Crippen MR) is 41.5 cm³/mol. The summed E-state index contributed by atoms with van der Waals surface area (Å²) in [5.41, 5.74) is 0. The molecule has 0 spiro atoms. The van der Waals surface area contributed by atoms with E-state index in [-0.39, 0.29) is 0 Å². The van der Waals surface area contributed by atoms with Crippen LogP contribution >= 0.6 is 34.8 Å². The van der Waals surface area contributed by atoms with Crippen LogP contribution in [0.4, 0.5) is 0 Å². The van der Waals surface area contributed by atoms with Gasteiger partial charge in [0.2, 0.25) is 0 Å². The minimum atomic E-state index is -1.23. The molecule has 0 saturated carbocycles. The molecule has 0 bridgehead atoms. The number of hydrogen-bond acceptors (Lipinski definition) is 2. The lowest BCUT2D eigenvalue weighted by molar-refractivity contribution is -0.128. The minimum absolute atomic E-state index is 0.303. The molecular weight excluding hydrogens is 198 g/mol. The summed E-state index contributed by atoms with van der Waals surface area (Å²) in [6.45, 7) is 0.676. The molecule has 0 amide bonds. The van der Waals surface area contributed by atoms with E-state index in [0.29, 0.717) is 25.9 Å². The van der Waals surface area contributed by atoms with E-state index in [4.69, 9.17) is 34.8 Å². The second-order valence-corrected chi connectivity index (χ2v) is 4.20. The molecule has 0 heterocycles. The van der Waals surface area contributed by atoms with E-state index in [0.717, 1.165) is 0 Å². The highest BCUT2D eigenvalue weighted by molar-refractivity contribution is 6.67. The van der Waals surface area contributed by atoms with Gasteiger partial charge in [0.1, 0.15) is 0 Å². The summed E-state index contributed by atoms with van der Waals surface area (Å²) in [4.78, 5) is 9.61. The third-order valence-electron chi connectivity index (χ3n) is 0.790. The van der Waals surface area contributed by atoms with Crippen LogP contribution in [0.15, 0.2) is 0 Å². The molecule has 0 saturated heterocycles. The monoisotopic (exact) mass is 204 g/mol. The van der Waals surface area contributed by atoms with Crippen molar-refractivity contribution in [1.82, 2.24) is 0 Å². The average Bonchev–Trinajstić information content (AvgIpc) is 1.78. The largest absolute Gasteiger partial charge is 0.468 e. The van der Waals surface area contributed by atoms with Gasteiger partial charge in [-0.2, -0.15) is 0 Å². The van der Waals surface area contributed by atoms with E-state index in [1.807, 2.05) is 0 Å². The van der Waals surface area contributed by atoms with Gasteiger partial charge in [0.05, 0.1) is 6.61 Å². The summed E-state index contributed by atoms with van der Waals surface area (Å²) >= 11 is 16.2. The molecule has 0 aromatic carbocycles. The summed E-state index contributed by atoms with van der Waals surface area (Å²) < 4.78 is 3.14. The van der Waals surface area contributed by atoms with Crippen LogP contribution in [0.5, 0.6) is 0 Å². The number of rotatable bonds is 4. The third-order valence-corrected chi connectivity index (χ3v) is 1.36. The second-order valence-electron chi connectivity index (χ2n) is 1.69. The Morgan fingerprint density at radius 2 is 2.00 bits per heavy atom. The minimum Gasteiger partial charge on any atom is -0.468 e. The van der Waals surface area contributed by atoms with Gasteiger partial charge in [-0.15, -0.1) is 0 Å². The number of halogens is 3. The summed E-state index contributed by atoms with van der Waals surface area (Å²) in [5, 5.41) is 0. The lowest BCUT2D eigenvalue weighted by Crippen LogP contribution is -2.03. The van der Waals surface area contributed by atoms with Gasteiger partial charge < -0.3 is 4.74 Å². The van der Waals surface area contributed by atoms with Gasteiger partial charge in [-0.3, -0.25) is 4.79 Å². The lowest BCUT2D eigenvalue weighted by atomic mass is 10.3. The van der Waals surface area contributed by atoms with Crippen LogP contribution in [-0.2, 0) is 9.53 Å².